The van der Waals surface area contributed by atoms with E-state index in [0.29, 0.717) is 13.0 Å². The minimum atomic E-state index is -0.536. The van der Waals surface area contributed by atoms with Gasteiger partial charge in [0.05, 0.1) is 6.04 Å². The van der Waals surface area contributed by atoms with Crippen LogP contribution < -0.4 is 11.1 Å². The lowest BCUT2D eigenvalue weighted by atomic mass is 10.1. The fourth-order valence-electron chi connectivity index (χ4n) is 2.05. The van der Waals surface area contributed by atoms with Crippen molar-refractivity contribution in [2.24, 2.45) is 5.73 Å². The molecule has 0 radical (unpaired) electrons. The fourth-order valence-corrected chi connectivity index (χ4v) is 2.54. The molecule has 0 aromatic heterocycles. The van der Waals surface area contributed by atoms with Crippen LogP contribution in [0.4, 0.5) is 0 Å². The third-order valence-electron chi connectivity index (χ3n) is 3.30. The van der Waals surface area contributed by atoms with Crippen molar-refractivity contribution in [1.29, 1.82) is 0 Å². The minimum absolute atomic E-state index is 0.104. The van der Waals surface area contributed by atoms with Gasteiger partial charge in [-0.2, -0.15) is 11.8 Å². The first-order chi connectivity index (χ1) is 10.1. The number of phenols is 1. The standard InChI is InChI=1S/C16H26N2O2S/c1-21-11-5-3-2-4-10-18-16(20)15(17)12-13-6-8-14(19)9-7-13/h6-9,15,19H,2-5,10-12,17H2,1H3,(H,18,20)/t15-/m0/s1. The van der Waals surface area contributed by atoms with Gasteiger partial charge in [-0.3, -0.25) is 4.79 Å². The van der Waals surface area contributed by atoms with Crippen molar-refractivity contribution in [1.82, 2.24) is 5.32 Å². The molecule has 0 spiro atoms. The summed E-state index contributed by atoms with van der Waals surface area (Å²) in [6.45, 7) is 0.696. The lowest BCUT2D eigenvalue weighted by Gasteiger charge is -2.12. The van der Waals surface area contributed by atoms with Gasteiger partial charge in [-0.1, -0.05) is 25.0 Å². The maximum absolute atomic E-state index is 11.9. The second kappa shape index (κ2) is 10.5. The maximum atomic E-state index is 11.9. The molecule has 0 fully saturated rings. The Kier molecular flexibility index (Phi) is 8.94. The van der Waals surface area contributed by atoms with Crippen LogP contribution in [0.25, 0.3) is 0 Å². The van der Waals surface area contributed by atoms with Gasteiger partial charge in [0.1, 0.15) is 5.75 Å². The van der Waals surface area contributed by atoms with Crippen molar-refractivity contribution >= 4 is 17.7 Å². The van der Waals surface area contributed by atoms with E-state index < -0.39 is 6.04 Å². The van der Waals surface area contributed by atoms with Crippen molar-refractivity contribution in [3.05, 3.63) is 29.8 Å². The molecule has 21 heavy (non-hydrogen) atoms. The summed E-state index contributed by atoms with van der Waals surface area (Å²) in [5, 5.41) is 12.1. The fraction of sp³-hybridized carbons (Fsp3) is 0.562. The Labute approximate surface area is 131 Å². The SMILES string of the molecule is CSCCCCCCNC(=O)[C@@H](N)Cc1ccc(O)cc1. The van der Waals surface area contributed by atoms with Gasteiger partial charge < -0.3 is 16.2 Å². The molecule has 1 aromatic carbocycles. The van der Waals surface area contributed by atoms with Crippen molar-refractivity contribution in [2.45, 2.75) is 38.1 Å². The lowest BCUT2D eigenvalue weighted by molar-refractivity contribution is -0.122. The summed E-state index contributed by atoms with van der Waals surface area (Å²) in [5.41, 5.74) is 6.84. The Morgan fingerprint density at radius 3 is 2.57 bits per heavy atom. The highest BCUT2D eigenvalue weighted by Crippen LogP contribution is 2.11. The van der Waals surface area contributed by atoms with Crippen LogP contribution in [0, 0.1) is 0 Å². The molecule has 0 bridgehead atoms. The van der Waals surface area contributed by atoms with Crippen molar-refractivity contribution < 1.29 is 9.90 Å². The second-order valence-electron chi connectivity index (χ2n) is 5.18. The van der Waals surface area contributed by atoms with Crippen LogP contribution in [-0.4, -0.2) is 35.6 Å². The number of hydrogen-bond donors (Lipinski definition) is 3. The lowest BCUT2D eigenvalue weighted by Crippen LogP contribution is -2.42. The summed E-state index contributed by atoms with van der Waals surface area (Å²) < 4.78 is 0. The molecule has 1 atom stereocenters. The Bertz CT molecular complexity index is 409. The minimum Gasteiger partial charge on any atom is -0.508 e. The molecule has 118 valence electrons. The molecule has 4 N–H and O–H groups in total. The number of aromatic hydroxyl groups is 1. The highest BCUT2D eigenvalue weighted by molar-refractivity contribution is 7.98. The van der Waals surface area contributed by atoms with Crippen molar-refractivity contribution in [3.8, 4) is 5.75 Å². The molecule has 0 aliphatic rings. The normalized spacial score (nSPS) is 12.1. The highest BCUT2D eigenvalue weighted by atomic mass is 32.2. The van der Waals surface area contributed by atoms with E-state index in [2.05, 4.69) is 11.6 Å². The Morgan fingerprint density at radius 1 is 1.24 bits per heavy atom. The summed E-state index contributed by atoms with van der Waals surface area (Å²) in [6, 6.07) is 6.25. The Morgan fingerprint density at radius 2 is 1.90 bits per heavy atom. The van der Waals surface area contributed by atoms with Crippen LogP contribution in [0.1, 0.15) is 31.2 Å². The first-order valence-electron chi connectivity index (χ1n) is 7.43. The molecule has 0 heterocycles. The van der Waals surface area contributed by atoms with Crippen LogP contribution in [0.15, 0.2) is 24.3 Å². The topological polar surface area (TPSA) is 75.4 Å². The van der Waals surface area contributed by atoms with E-state index >= 15 is 0 Å². The molecule has 5 heteroatoms. The van der Waals surface area contributed by atoms with Gasteiger partial charge >= 0.3 is 0 Å². The zero-order chi connectivity index (χ0) is 15.5. The van der Waals surface area contributed by atoms with E-state index in [1.165, 1.54) is 18.6 Å². The van der Waals surface area contributed by atoms with Crippen LogP contribution >= 0.6 is 11.8 Å². The predicted molar refractivity (Wildman–Crippen MR) is 89.6 cm³/mol. The van der Waals surface area contributed by atoms with E-state index in [1.807, 2.05) is 11.8 Å². The molecule has 1 rings (SSSR count). The van der Waals surface area contributed by atoms with E-state index in [4.69, 9.17) is 5.73 Å². The maximum Gasteiger partial charge on any atom is 0.237 e. The molecule has 4 nitrogen and oxygen atoms in total. The van der Waals surface area contributed by atoms with E-state index in [0.717, 1.165) is 18.4 Å². The summed E-state index contributed by atoms with van der Waals surface area (Å²) in [7, 11) is 0. The Hall–Kier alpha value is -1.20. The summed E-state index contributed by atoms with van der Waals surface area (Å²) in [5.74, 6) is 1.33. The smallest absolute Gasteiger partial charge is 0.237 e. The highest BCUT2D eigenvalue weighted by Gasteiger charge is 2.13. The Balaban J connectivity index is 2.15. The van der Waals surface area contributed by atoms with E-state index in [1.54, 1.807) is 24.3 Å². The number of amides is 1. The molecule has 0 saturated heterocycles. The van der Waals surface area contributed by atoms with Gasteiger partial charge in [0.25, 0.3) is 0 Å². The average molecular weight is 310 g/mol. The van der Waals surface area contributed by atoms with Gasteiger partial charge in [0, 0.05) is 6.54 Å². The number of rotatable bonds is 10. The summed E-state index contributed by atoms with van der Waals surface area (Å²) in [6.07, 6.45) is 7.22. The van der Waals surface area contributed by atoms with Crippen LogP contribution in [0.2, 0.25) is 0 Å². The molecular formula is C16H26N2O2S. The van der Waals surface area contributed by atoms with Gasteiger partial charge in [-0.15, -0.1) is 0 Å². The first kappa shape index (κ1) is 17.9. The van der Waals surface area contributed by atoms with Gasteiger partial charge in [0.15, 0.2) is 0 Å². The summed E-state index contributed by atoms with van der Waals surface area (Å²) in [4.78, 5) is 11.9. The number of nitrogens with two attached hydrogens (primary N) is 1. The molecule has 1 aromatic rings. The largest absolute Gasteiger partial charge is 0.508 e. The zero-order valence-electron chi connectivity index (χ0n) is 12.7. The monoisotopic (exact) mass is 310 g/mol. The third-order valence-corrected chi connectivity index (χ3v) is 4.00. The molecule has 0 unspecified atom stereocenters. The van der Waals surface area contributed by atoms with Crippen LogP contribution in [-0.2, 0) is 11.2 Å². The van der Waals surface area contributed by atoms with E-state index in [-0.39, 0.29) is 11.7 Å². The van der Waals surface area contributed by atoms with Gasteiger partial charge in [0.2, 0.25) is 5.91 Å². The molecular weight excluding hydrogens is 284 g/mol. The quantitative estimate of drug-likeness (QED) is 0.580. The molecule has 1 amide bonds. The zero-order valence-corrected chi connectivity index (χ0v) is 13.5. The van der Waals surface area contributed by atoms with E-state index in [9.17, 15) is 9.90 Å². The van der Waals surface area contributed by atoms with Crippen molar-refractivity contribution in [3.63, 3.8) is 0 Å². The number of unbranched alkanes of at least 4 members (excludes halogenated alkanes) is 3. The number of carbonyl (C=O) groups is 1. The predicted octanol–water partition coefficient (Wildman–Crippen LogP) is 2.30. The second-order valence-corrected chi connectivity index (χ2v) is 6.16. The molecule has 0 aliphatic heterocycles. The van der Waals surface area contributed by atoms with Gasteiger partial charge in [-0.05, 0) is 49.0 Å². The summed E-state index contributed by atoms with van der Waals surface area (Å²) >= 11 is 1.87. The molecule has 0 saturated carbocycles. The van der Waals surface area contributed by atoms with Crippen LogP contribution in [0.5, 0.6) is 5.75 Å². The average Bonchev–Trinajstić information content (AvgIpc) is 2.48. The number of phenolic OH excluding ortho intramolecular Hbond substituents is 1. The number of carbonyl (C=O) groups excluding carboxylic acids is 1. The first-order valence-corrected chi connectivity index (χ1v) is 8.83. The third kappa shape index (κ3) is 7.97. The van der Waals surface area contributed by atoms with Gasteiger partial charge in [-0.25, -0.2) is 0 Å². The number of hydrogen-bond acceptors (Lipinski definition) is 4. The van der Waals surface area contributed by atoms with Crippen molar-refractivity contribution in [2.75, 3.05) is 18.6 Å². The number of thioether (sulfide) groups is 1. The number of nitrogens with one attached hydrogen (secondary N) is 1. The number of benzene rings is 1. The van der Waals surface area contributed by atoms with Crippen LogP contribution in [0.3, 0.4) is 0 Å². The molecule has 0 aliphatic carbocycles.